The normalized spacial score (nSPS) is 21.1. The number of amides is 1. The van der Waals surface area contributed by atoms with Crippen molar-refractivity contribution < 1.29 is 4.79 Å². The predicted molar refractivity (Wildman–Crippen MR) is 64.3 cm³/mol. The zero-order valence-electron chi connectivity index (χ0n) is 9.48. The van der Waals surface area contributed by atoms with E-state index in [0.717, 1.165) is 24.4 Å². The van der Waals surface area contributed by atoms with E-state index in [1.807, 2.05) is 16.5 Å². The third-order valence-electron chi connectivity index (χ3n) is 2.89. The van der Waals surface area contributed by atoms with Crippen molar-refractivity contribution in [2.75, 3.05) is 20.1 Å². The molecule has 1 atom stereocenters. The maximum absolute atomic E-state index is 11.9. The van der Waals surface area contributed by atoms with Crippen LogP contribution in [0.5, 0.6) is 0 Å². The first-order chi connectivity index (χ1) is 7.83. The van der Waals surface area contributed by atoms with Gasteiger partial charge >= 0.3 is 0 Å². The van der Waals surface area contributed by atoms with Crippen molar-refractivity contribution in [1.82, 2.24) is 15.2 Å². The number of rotatable bonds is 3. The Hall–Kier alpha value is -0.940. The lowest BCUT2D eigenvalue weighted by Gasteiger charge is -2.34. The van der Waals surface area contributed by atoms with E-state index in [9.17, 15) is 4.79 Å². The molecule has 2 rings (SSSR count). The minimum atomic E-state index is 0.183. The van der Waals surface area contributed by atoms with Crippen LogP contribution >= 0.6 is 11.3 Å². The van der Waals surface area contributed by atoms with Gasteiger partial charge in [0.2, 0.25) is 5.91 Å². The molecule has 16 heavy (non-hydrogen) atoms. The van der Waals surface area contributed by atoms with Crippen molar-refractivity contribution in [2.24, 2.45) is 0 Å². The highest BCUT2D eigenvalue weighted by Crippen LogP contribution is 2.31. The summed E-state index contributed by atoms with van der Waals surface area (Å²) < 4.78 is 0. The van der Waals surface area contributed by atoms with Gasteiger partial charge in [0.25, 0.3) is 0 Å². The molecule has 1 aliphatic rings. The minimum absolute atomic E-state index is 0.183. The van der Waals surface area contributed by atoms with Gasteiger partial charge in [-0.05, 0) is 26.3 Å². The van der Waals surface area contributed by atoms with Gasteiger partial charge in [0.05, 0.1) is 12.6 Å². The molecule has 1 aromatic rings. The van der Waals surface area contributed by atoms with E-state index in [-0.39, 0.29) is 11.9 Å². The molecule has 1 saturated heterocycles. The van der Waals surface area contributed by atoms with E-state index in [4.69, 9.17) is 0 Å². The summed E-state index contributed by atoms with van der Waals surface area (Å²) in [6, 6.07) is 0.203. The standard InChI is InChI=1S/C11H17N3OS/c1-12-8-10(15)14-6-3-2-4-9(14)11-13-5-7-16-11/h5,7,9,12H,2-4,6,8H2,1H3. The van der Waals surface area contributed by atoms with Gasteiger partial charge < -0.3 is 10.2 Å². The summed E-state index contributed by atoms with van der Waals surface area (Å²) in [5, 5.41) is 5.97. The summed E-state index contributed by atoms with van der Waals surface area (Å²) in [5.74, 6) is 0.183. The van der Waals surface area contributed by atoms with Gasteiger partial charge in [0, 0.05) is 18.1 Å². The Balaban J connectivity index is 2.11. The lowest BCUT2D eigenvalue weighted by Crippen LogP contribution is -2.42. The van der Waals surface area contributed by atoms with Crippen molar-refractivity contribution in [3.05, 3.63) is 16.6 Å². The van der Waals surface area contributed by atoms with Crippen LogP contribution in [0.4, 0.5) is 0 Å². The quantitative estimate of drug-likeness (QED) is 0.867. The molecule has 0 aromatic carbocycles. The SMILES string of the molecule is CNCC(=O)N1CCCCC1c1nccs1. The summed E-state index contributed by atoms with van der Waals surface area (Å²) in [6.07, 6.45) is 5.16. The molecule has 4 nitrogen and oxygen atoms in total. The Kier molecular flexibility index (Phi) is 3.90. The van der Waals surface area contributed by atoms with Crippen LogP contribution in [0.2, 0.25) is 0 Å². The summed E-state index contributed by atoms with van der Waals surface area (Å²) in [6.45, 7) is 1.28. The summed E-state index contributed by atoms with van der Waals surface area (Å²) >= 11 is 1.64. The largest absolute Gasteiger partial charge is 0.332 e. The molecule has 0 radical (unpaired) electrons. The average molecular weight is 239 g/mol. The van der Waals surface area contributed by atoms with Crippen molar-refractivity contribution in [1.29, 1.82) is 0 Å². The molecule has 0 saturated carbocycles. The number of carbonyl (C=O) groups is 1. The number of piperidine rings is 1. The molecule has 0 aliphatic carbocycles. The third kappa shape index (κ3) is 2.41. The first-order valence-corrected chi connectivity index (χ1v) is 6.54. The van der Waals surface area contributed by atoms with Gasteiger partial charge in [-0.3, -0.25) is 4.79 Å². The van der Waals surface area contributed by atoms with Crippen molar-refractivity contribution in [2.45, 2.75) is 25.3 Å². The number of hydrogen-bond acceptors (Lipinski definition) is 4. The Morgan fingerprint density at radius 2 is 2.56 bits per heavy atom. The fourth-order valence-corrected chi connectivity index (χ4v) is 2.92. The summed E-state index contributed by atoms with van der Waals surface area (Å²) in [5.41, 5.74) is 0. The number of likely N-dealkylation sites (N-methyl/N-ethyl adjacent to an activating group) is 1. The number of nitrogens with one attached hydrogen (secondary N) is 1. The number of hydrogen-bond donors (Lipinski definition) is 1. The molecule has 88 valence electrons. The van der Waals surface area contributed by atoms with Crippen LogP contribution in [0.25, 0.3) is 0 Å². The minimum Gasteiger partial charge on any atom is -0.332 e. The Labute approximate surface area is 99.7 Å². The van der Waals surface area contributed by atoms with Crippen LogP contribution < -0.4 is 5.32 Å². The molecule has 1 aromatic heterocycles. The molecule has 5 heteroatoms. The molecule has 1 amide bonds. The number of aromatic nitrogens is 1. The smallest absolute Gasteiger partial charge is 0.237 e. The number of likely N-dealkylation sites (tertiary alicyclic amines) is 1. The van der Waals surface area contributed by atoms with Crippen molar-refractivity contribution in [3.63, 3.8) is 0 Å². The molecule has 1 unspecified atom stereocenters. The zero-order chi connectivity index (χ0) is 11.4. The van der Waals surface area contributed by atoms with Crippen molar-refractivity contribution in [3.8, 4) is 0 Å². The fourth-order valence-electron chi connectivity index (χ4n) is 2.14. The van der Waals surface area contributed by atoms with Gasteiger partial charge in [0.1, 0.15) is 5.01 Å². The summed E-state index contributed by atoms with van der Waals surface area (Å²) in [4.78, 5) is 18.3. The molecule has 0 bridgehead atoms. The number of carbonyl (C=O) groups excluding carboxylic acids is 1. The lowest BCUT2D eigenvalue weighted by molar-refractivity contribution is -0.134. The molecule has 0 spiro atoms. The molecule has 1 fully saturated rings. The molecule has 1 N–H and O–H groups in total. The molecule has 2 heterocycles. The first-order valence-electron chi connectivity index (χ1n) is 5.66. The lowest BCUT2D eigenvalue weighted by atomic mass is 10.0. The second-order valence-electron chi connectivity index (χ2n) is 4.00. The van der Waals surface area contributed by atoms with Crippen LogP contribution in [0.1, 0.15) is 30.3 Å². The highest BCUT2D eigenvalue weighted by molar-refractivity contribution is 7.09. The fraction of sp³-hybridized carbons (Fsp3) is 0.636. The first kappa shape index (κ1) is 11.5. The van der Waals surface area contributed by atoms with E-state index in [1.165, 1.54) is 6.42 Å². The van der Waals surface area contributed by atoms with Crippen LogP contribution in [-0.2, 0) is 4.79 Å². The Bertz CT molecular complexity index is 339. The van der Waals surface area contributed by atoms with Gasteiger partial charge in [0.15, 0.2) is 0 Å². The van der Waals surface area contributed by atoms with Crippen LogP contribution in [0.3, 0.4) is 0 Å². The van der Waals surface area contributed by atoms with Gasteiger partial charge in [-0.2, -0.15) is 0 Å². The molecular weight excluding hydrogens is 222 g/mol. The zero-order valence-corrected chi connectivity index (χ0v) is 10.3. The molecular formula is C11H17N3OS. The Morgan fingerprint density at radius 3 is 3.25 bits per heavy atom. The maximum atomic E-state index is 11.9. The Morgan fingerprint density at radius 1 is 1.69 bits per heavy atom. The number of nitrogens with zero attached hydrogens (tertiary/aromatic N) is 2. The third-order valence-corrected chi connectivity index (χ3v) is 3.76. The van der Waals surface area contributed by atoms with Crippen LogP contribution in [-0.4, -0.2) is 35.9 Å². The summed E-state index contributed by atoms with van der Waals surface area (Å²) in [7, 11) is 1.81. The second-order valence-corrected chi connectivity index (χ2v) is 4.93. The highest BCUT2D eigenvalue weighted by atomic mass is 32.1. The predicted octanol–water partition coefficient (Wildman–Crippen LogP) is 1.42. The van der Waals surface area contributed by atoms with Gasteiger partial charge in [-0.25, -0.2) is 4.98 Å². The molecule has 1 aliphatic heterocycles. The average Bonchev–Trinajstić information content (AvgIpc) is 2.83. The van der Waals surface area contributed by atoms with E-state index in [1.54, 1.807) is 18.4 Å². The monoisotopic (exact) mass is 239 g/mol. The highest BCUT2D eigenvalue weighted by Gasteiger charge is 2.28. The van der Waals surface area contributed by atoms with E-state index < -0.39 is 0 Å². The van der Waals surface area contributed by atoms with Crippen molar-refractivity contribution >= 4 is 17.2 Å². The van der Waals surface area contributed by atoms with Crippen LogP contribution in [0.15, 0.2) is 11.6 Å². The second kappa shape index (κ2) is 5.41. The maximum Gasteiger partial charge on any atom is 0.237 e. The van der Waals surface area contributed by atoms with E-state index in [2.05, 4.69) is 10.3 Å². The van der Waals surface area contributed by atoms with Gasteiger partial charge in [-0.15, -0.1) is 11.3 Å². The van der Waals surface area contributed by atoms with E-state index in [0.29, 0.717) is 6.54 Å². The van der Waals surface area contributed by atoms with E-state index >= 15 is 0 Å². The van der Waals surface area contributed by atoms with Gasteiger partial charge in [-0.1, -0.05) is 0 Å². The topological polar surface area (TPSA) is 45.2 Å². The van der Waals surface area contributed by atoms with Crippen LogP contribution in [0, 0.1) is 0 Å². The number of thiazole rings is 1.